The van der Waals surface area contributed by atoms with Crippen LogP contribution in [0, 0.1) is 17.8 Å². The molecule has 5 rings (SSSR count). The Morgan fingerprint density at radius 1 is 1.03 bits per heavy atom. The van der Waals surface area contributed by atoms with Crippen molar-refractivity contribution in [3.05, 3.63) is 18.2 Å². The molecule has 2 aliphatic heterocycles. The summed E-state index contributed by atoms with van der Waals surface area (Å²) in [7, 11) is -3.56. The number of anilines is 2. The van der Waals surface area contributed by atoms with E-state index in [0.29, 0.717) is 50.2 Å². The Morgan fingerprint density at radius 2 is 1.81 bits per heavy atom. The molecular formula is C24H35N3O4S. The van der Waals surface area contributed by atoms with Crippen LogP contribution in [-0.4, -0.2) is 58.0 Å². The molecule has 1 aromatic rings. The summed E-state index contributed by atoms with van der Waals surface area (Å²) >= 11 is 0. The summed E-state index contributed by atoms with van der Waals surface area (Å²) in [5.41, 5.74) is 1.49. The Kier molecular flexibility index (Phi) is 6.45. The van der Waals surface area contributed by atoms with Crippen LogP contribution in [-0.2, 0) is 19.6 Å². The zero-order valence-corrected chi connectivity index (χ0v) is 19.6. The lowest BCUT2D eigenvalue weighted by molar-refractivity contribution is -0.117. The number of morpholine rings is 1. The first kappa shape index (κ1) is 22.2. The van der Waals surface area contributed by atoms with E-state index in [9.17, 15) is 13.2 Å². The molecule has 2 saturated carbocycles. The zero-order chi connectivity index (χ0) is 22.1. The highest BCUT2D eigenvalue weighted by molar-refractivity contribution is 7.89. The van der Waals surface area contributed by atoms with Crippen molar-refractivity contribution in [2.24, 2.45) is 17.8 Å². The van der Waals surface area contributed by atoms with Gasteiger partial charge >= 0.3 is 0 Å². The summed E-state index contributed by atoms with van der Waals surface area (Å²) in [5, 5.41) is 3.11. The van der Waals surface area contributed by atoms with E-state index in [4.69, 9.17) is 4.74 Å². The Bertz CT molecular complexity index is 939. The second-order valence-electron chi connectivity index (χ2n) is 9.93. The van der Waals surface area contributed by atoms with Gasteiger partial charge in [0.25, 0.3) is 0 Å². The average Bonchev–Trinajstić information content (AvgIpc) is 3.43. The fraction of sp³-hybridized carbons (Fsp3) is 0.708. The van der Waals surface area contributed by atoms with Crippen LogP contribution in [0.15, 0.2) is 23.1 Å². The molecule has 32 heavy (non-hydrogen) atoms. The Morgan fingerprint density at radius 3 is 2.50 bits per heavy atom. The van der Waals surface area contributed by atoms with Crippen LogP contribution in [0.4, 0.5) is 11.4 Å². The van der Waals surface area contributed by atoms with Gasteiger partial charge in [-0.15, -0.1) is 0 Å². The highest BCUT2D eigenvalue weighted by Gasteiger charge is 2.40. The number of ether oxygens (including phenoxy) is 1. The van der Waals surface area contributed by atoms with Gasteiger partial charge in [-0.3, -0.25) is 4.79 Å². The first-order valence-corrected chi connectivity index (χ1v) is 13.7. The van der Waals surface area contributed by atoms with E-state index in [1.807, 2.05) is 6.07 Å². The summed E-state index contributed by atoms with van der Waals surface area (Å²) < 4.78 is 33.6. The Labute approximate surface area is 191 Å². The molecule has 0 radical (unpaired) electrons. The van der Waals surface area contributed by atoms with Crippen molar-refractivity contribution >= 4 is 27.3 Å². The van der Waals surface area contributed by atoms with Gasteiger partial charge in [-0.25, -0.2) is 8.42 Å². The Hall–Kier alpha value is -1.64. The summed E-state index contributed by atoms with van der Waals surface area (Å²) in [6.45, 7) is 3.86. The van der Waals surface area contributed by atoms with Crippen molar-refractivity contribution < 1.29 is 17.9 Å². The minimum absolute atomic E-state index is 0.00424. The third-order valence-electron chi connectivity index (χ3n) is 7.88. The van der Waals surface area contributed by atoms with Gasteiger partial charge in [-0.05, 0) is 68.1 Å². The van der Waals surface area contributed by atoms with Gasteiger partial charge in [0.1, 0.15) is 0 Å². The number of rotatable bonds is 6. The molecule has 1 N–H and O–H groups in total. The van der Waals surface area contributed by atoms with Gasteiger partial charge in [0.2, 0.25) is 15.9 Å². The molecular weight excluding hydrogens is 426 g/mol. The number of hydrogen-bond acceptors (Lipinski definition) is 5. The van der Waals surface area contributed by atoms with Gasteiger partial charge in [-0.1, -0.05) is 12.8 Å². The number of hydrogen-bond donors (Lipinski definition) is 1. The van der Waals surface area contributed by atoms with Crippen LogP contribution in [0.1, 0.15) is 51.4 Å². The third kappa shape index (κ3) is 4.54. The number of carbonyl (C=O) groups excluding carboxylic acids is 1. The quantitative estimate of drug-likeness (QED) is 0.702. The molecule has 7 nitrogen and oxygen atoms in total. The van der Waals surface area contributed by atoms with Crippen LogP contribution >= 0.6 is 0 Å². The maximum Gasteiger partial charge on any atom is 0.243 e. The van der Waals surface area contributed by atoms with E-state index < -0.39 is 10.0 Å². The third-order valence-corrected chi connectivity index (χ3v) is 9.77. The molecule has 0 spiro atoms. The number of amides is 1. The second kappa shape index (κ2) is 9.31. The molecule has 3 unspecified atom stereocenters. The normalized spacial score (nSPS) is 28.8. The number of sulfonamides is 1. The predicted octanol–water partition coefficient (Wildman–Crippen LogP) is 3.46. The van der Waals surface area contributed by atoms with E-state index in [0.717, 1.165) is 50.4 Å². The first-order valence-electron chi connectivity index (χ1n) is 12.3. The van der Waals surface area contributed by atoms with Crippen molar-refractivity contribution in [3.8, 4) is 0 Å². The molecule has 2 saturated heterocycles. The van der Waals surface area contributed by atoms with Crippen LogP contribution in [0.3, 0.4) is 0 Å². The number of benzene rings is 1. The van der Waals surface area contributed by atoms with Crippen molar-refractivity contribution in [2.75, 3.05) is 49.6 Å². The summed E-state index contributed by atoms with van der Waals surface area (Å²) in [6.07, 6.45) is 8.43. The maximum atomic E-state index is 13.3. The van der Waals surface area contributed by atoms with Gasteiger partial charge < -0.3 is 15.0 Å². The molecule has 0 aromatic heterocycles. The van der Waals surface area contributed by atoms with Crippen LogP contribution in [0.5, 0.6) is 0 Å². The van der Waals surface area contributed by atoms with Gasteiger partial charge in [0, 0.05) is 32.6 Å². The molecule has 176 valence electrons. The van der Waals surface area contributed by atoms with Gasteiger partial charge in [0.05, 0.1) is 29.5 Å². The predicted molar refractivity (Wildman–Crippen MR) is 124 cm³/mol. The first-order chi connectivity index (χ1) is 15.5. The van der Waals surface area contributed by atoms with Gasteiger partial charge in [-0.2, -0.15) is 4.31 Å². The monoisotopic (exact) mass is 461 g/mol. The fourth-order valence-corrected chi connectivity index (χ4v) is 7.72. The lowest BCUT2D eigenvalue weighted by Crippen LogP contribution is -2.37. The molecule has 2 bridgehead atoms. The molecule has 2 heterocycles. The van der Waals surface area contributed by atoms with Crippen LogP contribution in [0.2, 0.25) is 0 Å². The SMILES string of the molecule is O=C(CC1CC2CCC1C2)Nc1cc(S(=O)(=O)N2CCCCC2)ccc1N1CCOCC1. The van der Waals surface area contributed by atoms with E-state index in [1.54, 1.807) is 16.4 Å². The van der Waals surface area contributed by atoms with E-state index in [1.165, 1.54) is 19.3 Å². The number of fused-ring (bicyclic) bond motifs is 2. The van der Waals surface area contributed by atoms with Crippen molar-refractivity contribution in [1.29, 1.82) is 0 Å². The van der Waals surface area contributed by atoms with E-state index in [-0.39, 0.29) is 10.8 Å². The highest BCUT2D eigenvalue weighted by atomic mass is 32.2. The lowest BCUT2D eigenvalue weighted by atomic mass is 9.86. The average molecular weight is 462 g/mol. The highest BCUT2D eigenvalue weighted by Crippen LogP contribution is 2.49. The molecule has 2 aliphatic carbocycles. The summed E-state index contributed by atoms with van der Waals surface area (Å²) in [4.78, 5) is 15.5. The van der Waals surface area contributed by atoms with Crippen LogP contribution < -0.4 is 10.2 Å². The lowest BCUT2D eigenvalue weighted by Gasteiger charge is -2.31. The molecule has 4 fully saturated rings. The number of nitrogens with one attached hydrogen (secondary N) is 1. The van der Waals surface area contributed by atoms with E-state index in [2.05, 4.69) is 10.2 Å². The number of piperidine rings is 1. The van der Waals surface area contributed by atoms with Gasteiger partial charge in [0.15, 0.2) is 0 Å². The van der Waals surface area contributed by atoms with Crippen molar-refractivity contribution in [2.45, 2.75) is 56.3 Å². The van der Waals surface area contributed by atoms with Crippen molar-refractivity contribution in [1.82, 2.24) is 4.31 Å². The summed E-state index contributed by atoms with van der Waals surface area (Å²) in [6, 6.07) is 5.23. The van der Waals surface area contributed by atoms with Crippen LogP contribution in [0.25, 0.3) is 0 Å². The molecule has 1 aromatic carbocycles. The van der Waals surface area contributed by atoms with Crippen molar-refractivity contribution in [3.63, 3.8) is 0 Å². The minimum atomic E-state index is -3.56. The molecule has 4 aliphatic rings. The number of carbonyl (C=O) groups is 1. The summed E-state index contributed by atoms with van der Waals surface area (Å²) in [5.74, 6) is 1.97. The molecule has 8 heteroatoms. The molecule has 3 atom stereocenters. The second-order valence-corrected chi connectivity index (χ2v) is 11.9. The maximum absolute atomic E-state index is 13.3. The Balaban J connectivity index is 1.38. The smallest absolute Gasteiger partial charge is 0.243 e. The topological polar surface area (TPSA) is 79.0 Å². The van der Waals surface area contributed by atoms with E-state index >= 15 is 0 Å². The number of nitrogens with zero attached hydrogens (tertiary/aromatic N) is 2. The molecule has 1 amide bonds. The zero-order valence-electron chi connectivity index (χ0n) is 18.8. The largest absolute Gasteiger partial charge is 0.378 e. The standard InChI is InChI=1S/C24H35N3O4S/c28-24(16-20-15-18-4-5-19(20)14-18)25-22-17-21(32(29,30)27-8-2-1-3-9-27)6-7-23(22)26-10-12-31-13-11-26/h6-7,17-20H,1-5,8-16H2,(H,25,28). The fourth-order valence-electron chi connectivity index (χ4n) is 6.18. The minimum Gasteiger partial charge on any atom is -0.378 e.